The molecule has 0 aliphatic heterocycles. The quantitative estimate of drug-likeness (QED) is 0.530. The standard InChI is InChI=1S/C22H29ClN2O2/c1-16(13-17-9-5-3-6-10-17)25-22(27)19-15-20(23)18(14-21(19)26)11-7-4-8-12-24-2/h3,5-6,9-10,14-16,24,26H,4,7-8,11-13H2,1-2H3,(H,25,27)/t16-/m1/s1. The smallest absolute Gasteiger partial charge is 0.255 e. The van der Waals surface area contributed by atoms with Crippen LogP contribution >= 0.6 is 11.6 Å². The molecule has 4 nitrogen and oxygen atoms in total. The minimum Gasteiger partial charge on any atom is -0.507 e. The van der Waals surface area contributed by atoms with E-state index in [4.69, 9.17) is 11.6 Å². The Kier molecular flexibility index (Phi) is 8.62. The summed E-state index contributed by atoms with van der Waals surface area (Å²) in [6.45, 7) is 2.95. The Hall–Kier alpha value is -2.04. The van der Waals surface area contributed by atoms with Crippen molar-refractivity contribution in [2.24, 2.45) is 0 Å². The molecule has 0 saturated carbocycles. The van der Waals surface area contributed by atoms with Crippen LogP contribution in [0.15, 0.2) is 42.5 Å². The van der Waals surface area contributed by atoms with Gasteiger partial charge in [0.15, 0.2) is 0 Å². The van der Waals surface area contributed by atoms with E-state index in [-0.39, 0.29) is 23.3 Å². The molecule has 0 fully saturated rings. The third-order valence-corrected chi connectivity index (χ3v) is 4.90. The Labute approximate surface area is 166 Å². The second-order valence-electron chi connectivity index (χ2n) is 6.94. The molecular formula is C22H29ClN2O2. The van der Waals surface area contributed by atoms with E-state index in [1.165, 1.54) is 0 Å². The number of hydrogen-bond donors (Lipinski definition) is 3. The van der Waals surface area contributed by atoms with Crippen LogP contribution in [0.4, 0.5) is 0 Å². The van der Waals surface area contributed by atoms with Gasteiger partial charge in [0.2, 0.25) is 0 Å². The average Bonchev–Trinajstić information content (AvgIpc) is 2.64. The second kappa shape index (κ2) is 11.0. The van der Waals surface area contributed by atoms with Gasteiger partial charge < -0.3 is 15.7 Å². The molecule has 0 saturated heterocycles. The number of phenols is 1. The van der Waals surface area contributed by atoms with Crippen LogP contribution in [0.1, 0.15) is 47.7 Å². The van der Waals surface area contributed by atoms with Gasteiger partial charge in [-0.1, -0.05) is 48.4 Å². The maximum atomic E-state index is 12.5. The van der Waals surface area contributed by atoms with E-state index in [1.807, 2.05) is 44.3 Å². The fourth-order valence-electron chi connectivity index (χ4n) is 3.09. The van der Waals surface area contributed by atoms with Gasteiger partial charge in [-0.3, -0.25) is 4.79 Å². The second-order valence-corrected chi connectivity index (χ2v) is 7.35. The highest BCUT2D eigenvalue weighted by Crippen LogP contribution is 2.27. The van der Waals surface area contributed by atoms with Crippen molar-refractivity contribution in [3.05, 3.63) is 64.2 Å². The Balaban J connectivity index is 1.94. The zero-order chi connectivity index (χ0) is 19.6. The van der Waals surface area contributed by atoms with Gasteiger partial charge in [0.1, 0.15) is 5.75 Å². The minimum absolute atomic E-state index is 0.0194. The number of carbonyl (C=O) groups is 1. The van der Waals surface area contributed by atoms with E-state index < -0.39 is 0 Å². The van der Waals surface area contributed by atoms with E-state index in [2.05, 4.69) is 10.6 Å². The summed E-state index contributed by atoms with van der Waals surface area (Å²) in [5.74, 6) is -0.326. The highest BCUT2D eigenvalue weighted by atomic mass is 35.5. The molecule has 0 spiro atoms. The fraction of sp³-hybridized carbons (Fsp3) is 0.409. The molecule has 0 unspecified atom stereocenters. The molecule has 3 N–H and O–H groups in total. The van der Waals surface area contributed by atoms with Gasteiger partial charge >= 0.3 is 0 Å². The summed E-state index contributed by atoms with van der Waals surface area (Å²) in [5.41, 5.74) is 2.26. The lowest BCUT2D eigenvalue weighted by Gasteiger charge is -2.15. The average molecular weight is 389 g/mol. The van der Waals surface area contributed by atoms with Crippen LogP contribution in [0.3, 0.4) is 0 Å². The summed E-state index contributed by atoms with van der Waals surface area (Å²) in [6, 6.07) is 13.1. The SMILES string of the molecule is CNCCCCCc1cc(O)c(C(=O)N[C@H](C)Cc2ccccc2)cc1Cl. The third-order valence-electron chi connectivity index (χ3n) is 4.54. The maximum absolute atomic E-state index is 12.5. The number of benzene rings is 2. The number of hydrogen-bond acceptors (Lipinski definition) is 3. The number of phenolic OH excluding ortho intramolecular Hbond substituents is 1. The summed E-state index contributed by atoms with van der Waals surface area (Å²) in [7, 11) is 1.94. The first-order valence-electron chi connectivity index (χ1n) is 9.52. The summed E-state index contributed by atoms with van der Waals surface area (Å²) in [4.78, 5) is 12.5. The van der Waals surface area contributed by atoms with Crippen molar-refractivity contribution >= 4 is 17.5 Å². The van der Waals surface area contributed by atoms with E-state index in [9.17, 15) is 9.90 Å². The first kappa shape index (κ1) is 21.3. The van der Waals surface area contributed by atoms with Gasteiger partial charge in [0.25, 0.3) is 5.91 Å². The molecule has 0 heterocycles. The van der Waals surface area contributed by atoms with Crippen LogP contribution in [-0.4, -0.2) is 30.6 Å². The number of unbranched alkanes of at least 4 members (excludes halogenated alkanes) is 2. The number of carbonyl (C=O) groups excluding carboxylic acids is 1. The predicted octanol–water partition coefficient (Wildman–Crippen LogP) is 4.34. The van der Waals surface area contributed by atoms with E-state index in [1.54, 1.807) is 12.1 Å². The van der Waals surface area contributed by atoms with Gasteiger partial charge in [0, 0.05) is 11.1 Å². The van der Waals surface area contributed by atoms with Gasteiger partial charge in [-0.25, -0.2) is 0 Å². The van der Waals surface area contributed by atoms with E-state index in [0.717, 1.165) is 49.8 Å². The number of rotatable bonds is 10. The largest absolute Gasteiger partial charge is 0.507 e. The number of amides is 1. The lowest BCUT2D eigenvalue weighted by molar-refractivity contribution is 0.0937. The van der Waals surface area contributed by atoms with Crippen LogP contribution in [0, 0.1) is 0 Å². The lowest BCUT2D eigenvalue weighted by Crippen LogP contribution is -2.34. The zero-order valence-corrected chi connectivity index (χ0v) is 16.9. The molecule has 5 heteroatoms. The lowest BCUT2D eigenvalue weighted by atomic mass is 10.0. The number of nitrogens with one attached hydrogen (secondary N) is 2. The van der Waals surface area contributed by atoms with Crippen LogP contribution in [-0.2, 0) is 12.8 Å². The Bertz CT molecular complexity index is 735. The van der Waals surface area contributed by atoms with Crippen molar-refractivity contribution in [2.45, 2.75) is 45.1 Å². The zero-order valence-electron chi connectivity index (χ0n) is 16.1. The number of aryl methyl sites for hydroxylation is 1. The van der Waals surface area contributed by atoms with Crippen molar-refractivity contribution in [1.82, 2.24) is 10.6 Å². The van der Waals surface area contributed by atoms with Gasteiger partial charge in [0.05, 0.1) is 5.56 Å². The topological polar surface area (TPSA) is 61.4 Å². The van der Waals surface area contributed by atoms with Crippen molar-refractivity contribution in [3.63, 3.8) is 0 Å². The molecule has 146 valence electrons. The fourth-order valence-corrected chi connectivity index (χ4v) is 3.35. The monoisotopic (exact) mass is 388 g/mol. The van der Waals surface area contributed by atoms with Gasteiger partial charge in [-0.15, -0.1) is 0 Å². The molecule has 0 aromatic heterocycles. The van der Waals surface area contributed by atoms with Crippen LogP contribution in [0.25, 0.3) is 0 Å². The molecular weight excluding hydrogens is 360 g/mol. The molecule has 0 bridgehead atoms. The molecule has 2 aromatic carbocycles. The van der Waals surface area contributed by atoms with Crippen LogP contribution in [0.5, 0.6) is 5.75 Å². The van der Waals surface area contributed by atoms with Crippen molar-refractivity contribution in [2.75, 3.05) is 13.6 Å². The molecule has 1 atom stereocenters. The minimum atomic E-state index is -0.307. The third kappa shape index (κ3) is 6.89. The first-order chi connectivity index (χ1) is 13.0. The van der Waals surface area contributed by atoms with E-state index in [0.29, 0.717) is 5.02 Å². The molecule has 0 aliphatic carbocycles. The molecule has 2 rings (SSSR count). The Morgan fingerprint density at radius 3 is 2.59 bits per heavy atom. The summed E-state index contributed by atoms with van der Waals surface area (Å²) in [5, 5.41) is 16.9. The molecule has 2 aromatic rings. The summed E-state index contributed by atoms with van der Waals surface area (Å²) < 4.78 is 0. The maximum Gasteiger partial charge on any atom is 0.255 e. The highest BCUT2D eigenvalue weighted by Gasteiger charge is 2.16. The number of aromatic hydroxyl groups is 1. The highest BCUT2D eigenvalue weighted by molar-refractivity contribution is 6.31. The summed E-state index contributed by atoms with van der Waals surface area (Å²) in [6.07, 6.45) is 4.73. The molecule has 27 heavy (non-hydrogen) atoms. The van der Waals surface area contributed by atoms with Crippen molar-refractivity contribution in [3.8, 4) is 5.75 Å². The van der Waals surface area contributed by atoms with Gasteiger partial charge in [-0.2, -0.15) is 0 Å². The van der Waals surface area contributed by atoms with Gasteiger partial charge in [-0.05, 0) is 69.5 Å². The van der Waals surface area contributed by atoms with Crippen LogP contribution in [0.2, 0.25) is 5.02 Å². The molecule has 0 aliphatic rings. The van der Waals surface area contributed by atoms with Crippen molar-refractivity contribution in [1.29, 1.82) is 0 Å². The first-order valence-corrected chi connectivity index (χ1v) is 9.89. The molecule has 1 amide bonds. The Morgan fingerprint density at radius 2 is 1.89 bits per heavy atom. The molecule has 0 radical (unpaired) electrons. The normalized spacial score (nSPS) is 12.0. The van der Waals surface area contributed by atoms with Crippen molar-refractivity contribution < 1.29 is 9.90 Å². The van der Waals surface area contributed by atoms with Crippen LogP contribution < -0.4 is 10.6 Å². The predicted molar refractivity (Wildman–Crippen MR) is 112 cm³/mol. The van der Waals surface area contributed by atoms with E-state index >= 15 is 0 Å². The number of halogens is 1. The summed E-state index contributed by atoms with van der Waals surface area (Å²) >= 11 is 6.35. The Morgan fingerprint density at radius 1 is 1.15 bits per heavy atom.